The van der Waals surface area contributed by atoms with Gasteiger partial charge in [-0.3, -0.25) is 0 Å². The van der Waals surface area contributed by atoms with Gasteiger partial charge in [-0.2, -0.15) is 11.8 Å². The fourth-order valence-corrected chi connectivity index (χ4v) is 2.09. The Balaban J connectivity index is 3.79. The molecule has 0 saturated carbocycles. The van der Waals surface area contributed by atoms with Gasteiger partial charge in [0.15, 0.2) is 0 Å². The lowest BCUT2D eigenvalue weighted by Gasteiger charge is -2.31. The third-order valence-electron chi connectivity index (χ3n) is 2.36. The summed E-state index contributed by atoms with van der Waals surface area (Å²) in [5.41, 5.74) is 0.359. The second-order valence-corrected chi connectivity index (χ2v) is 6.42. The first-order valence-electron chi connectivity index (χ1n) is 5.78. The van der Waals surface area contributed by atoms with Gasteiger partial charge in [-0.05, 0) is 18.7 Å². The van der Waals surface area contributed by atoms with E-state index in [0.717, 1.165) is 13.1 Å². The lowest BCUT2D eigenvalue weighted by Crippen LogP contribution is -2.41. The van der Waals surface area contributed by atoms with Gasteiger partial charge in [-0.15, -0.1) is 0 Å². The lowest BCUT2D eigenvalue weighted by molar-refractivity contribution is 0.208. The first kappa shape index (κ1) is 15.3. The summed E-state index contributed by atoms with van der Waals surface area (Å²) >= 11 is 1.92. The molecule has 0 atom stereocenters. The zero-order chi connectivity index (χ0) is 11.9. The minimum Gasteiger partial charge on any atom is -0.314 e. The number of rotatable bonds is 8. The second kappa shape index (κ2) is 7.53. The minimum absolute atomic E-state index is 0.359. The first-order chi connectivity index (χ1) is 6.87. The van der Waals surface area contributed by atoms with Crippen LogP contribution in [0.15, 0.2) is 0 Å². The molecular formula is C12H28N2S. The highest BCUT2D eigenvalue weighted by Gasteiger charge is 2.19. The molecule has 0 aromatic heterocycles. The van der Waals surface area contributed by atoms with Crippen molar-refractivity contribution in [2.75, 3.05) is 38.7 Å². The predicted octanol–water partition coefficient (Wildman–Crippen LogP) is 2.31. The standard InChI is InChI=1S/C12H28N2S/c1-11(2)13-9-12(3,4)10-14(5)7-8-15-6/h11,13H,7-10H2,1-6H3. The molecule has 0 fully saturated rings. The molecule has 0 heterocycles. The fraction of sp³-hybridized carbons (Fsp3) is 1.00. The van der Waals surface area contributed by atoms with Gasteiger partial charge in [-0.25, -0.2) is 0 Å². The molecule has 0 amide bonds. The molecule has 0 bridgehead atoms. The minimum atomic E-state index is 0.359. The van der Waals surface area contributed by atoms with Crippen molar-refractivity contribution in [2.45, 2.75) is 33.7 Å². The van der Waals surface area contributed by atoms with E-state index in [0.29, 0.717) is 11.5 Å². The van der Waals surface area contributed by atoms with Gasteiger partial charge < -0.3 is 10.2 Å². The molecule has 0 spiro atoms. The van der Waals surface area contributed by atoms with Crippen LogP contribution >= 0.6 is 11.8 Å². The zero-order valence-corrected chi connectivity index (χ0v) is 12.1. The average Bonchev–Trinajstić information content (AvgIpc) is 2.11. The van der Waals surface area contributed by atoms with Crippen LogP contribution in [0.2, 0.25) is 0 Å². The maximum Gasteiger partial charge on any atom is 0.00694 e. The van der Waals surface area contributed by atoms with Crippen molar-refractivity contribution in [1.29, 1.82) is 0 Å². The molecule has 0 aliphatic heterocycles. The van der Waals surface area contributed by atoms with Crippen LogP contribution in [0.25, 0.3) is 0 Å². The average molecular weight is 232 g/mol. The van der Waals surface area contributed by atoms with Crippen molar-refractivity contribution in [3.8, 4) is 0 Å². The topological polar surface area (TPSA) is 15.3 Å². The smallest absolute Gasteiger partial charge is 0.00694 e. The molecule has 2 nitrogen and oxygen atoms in total. The quantitative estimate of drug-likeness (QED) is 0.691. The highest BCUT2D eigenvalue weighted by atomic mass is 32.2. The van der Waals surface area contributed by atoms with Crippen molar-refractivity contribution in [2.24, 2.45) is 5.41 Å². The summed E-state index contributed by atoms with van der Waals surface area (Å²) in [6, 6.07) is 0.584. The Morgan fingerprint density at radius 3 is 2.40 bits per heavy atom. The number of nitrogens with one attached hydrogen (secondary N) is 1. The summed E-state index contributed by atoms with van der Waals surface area (Å²) in [6.07, 6.45) is 2.17. The Morgan fingerprint density at radius 2 is 1.93 bits per heavy atom. The zero-order valence-electron chi connectivity index (χ0n) is 11.3. The van der Waals surface area contributed by atoms with E-state index in [1.54, 1.807) is 0 Å². The molecule has 15 heavy (non-hydrogen) atoms. The molecule has 0 aliphatic rings. The van der Waals surface area contributed by atoms with E-state index in [9.17, 15) is 0 Å². The van der Waals surface area contributed by atoms with Crippen LogP contribution in [0.1, 0.15) is 27.7 Å². The van der Waals surface area contributed by atoms with Gasteiger partial charge in [0.25, 0.3) is 0 Å². The van der Waals surface area contributed by atoms with Crippen LogP contribution in [-0.4, -0.2) is 49.6 Å². The Kier molecular flexibility index (Phi) is 7.66. The number of hydrogen-bond acceptors (Lipinski definition) is 3. The Morgan fingerprint density at radius 1 is 1.33 bits per heavy atom. The van der Waals surface area contributed by atoms with Gasteiger partial charge >= 0.3 is 0 Å². The van der Waals surface area contributed by atoms with Crippen LogP contribution in [-0.2, 0) is 0 Å². The van der Waals surface area contributed by atoms with Crippen molar-refractivity contribution in [3.63, 3.8) is 0 Å². The molecule has 0 aromatic carbocycles. The van der Waals surface area contributed by atoms with Crippen LogP contribution in [0.3, 0.4) is 0 Å². The molecule has 0 aliphatic carbocycles. The molecule has 0 aromatic rings. The lowest BCUT2D eigenvalue weighted by atomic mass is 9.92. The fourth-order valence-electron chi connectivity index (χ4n) is 1.59. The van der Waals surface area contributed by atoms with E-state index >= 15 is 0 Å². The Labute approximate surface area is 100 Å². The number of hydrogen-bond donors (Lipinski definition) is 1. The second-order valence-electron chi connectivity index (χ2n) is 5.43. The first-order valence-corrected chi connectivity index (χ1v) is 7.17. The summed E-state index contributed by atoms with van der Waals surface area (Å²) in [7, 11) is 2.22. The molecule has 0 radical (unpaired) electrons. The van der Waals surface area contributed by atoms with Gasteiger partial charge in [0.2, 0.25) is 0 Å². The monoisotopic (exact) mass is 232 g/mol. The van der Waals surface area contributed by atoms with E-state index in [4.69, 9.17) is 0 Å². The largest absolute Gasteiger partial charge is 0.314 e. The maximum absolute atomic E-state index is 3.52. The Hall–Kier alpha value is 0.270. The van der Waals surface area contributed by atoms with Gasteiger partial charge in [0, 0.05) is 31.4 Å². The van der Waals surface area contributed by atoms with E-state index in [-0.39, 0.29) is 0 Å². The molecule has 1 N–H and O–H groups in total. The molecule has 92 valence electrons. The van der Waals surface area contributed by atoms with Gasteiger partial charge in [-0.1, -0.05) is 27.7 Å². The van der Waals surface area contributed by atoms with Crippen molar-refractivity contribution in [3.05, 3.63) is 0 Å². The SMILES string of the molecule is CSCCN(C)CC(C)(C)CNC(C)C. The van der Waals surface area contributed by atoms with Crippen LogP contribution in [0.5, 0.6) is 0 Å². The van der Waals surface area contributed by atoms with E-state index in [2.05, 4.69) is 51.2 Å². The van der Waals surface area contributed by atoms with E-state index in [1.807, 2.05) is 11.8 Å². The molecule has 0 unspecified atom stereocenters. The van der Waals surface area contributed by atoms with Crippen LogP contribution in [0, 0.1) is 5.41 Å². The van der Waals surface area contributed by atoms with Crippen molar-refractivity contribution in [1.82, 2.24) is 10.2 Å². The summed E-state index contributed by atoms with van der Waals surface area (Å²) in [5.74, 6) is 1.23. The molecular weight excluding hydrogens is 204 g/mol. The summed E-state index contributed by atoms with van der Waals surface area (Å²) in [5, 5.41) is 3.52. The normalized spacial score (nSPS) is 12.8. The predicted molar refractivity (Wildman–Crippen MR) is 72.8 cm³/mol. The molecule has 0 rings (SSSR count). The van der Waals surface area contributed by atoms with E-state index < -0.39 is 0 Å². The number of nitrogens with zero attached hydrogens (tertiary/aromatic N) is 1. The van der Waals surface area contributed by atoms with Crippen molar-refractivity contribution < 1.29 is 0 Å². The molecule has 3 heteroatoms. The van der Waals surface area contributed by atoms with Crippen LogP contribution < -0.4 is 5.32 Å². The summed E-state index contributed by atoms with van der Waals surface area (Å²) in [4.78, 5) is 2.43. The third-order valence-corrected chi connectivity index (χ3v) is 2.95. The van der Waals surface area contributed by atoms with Gasteiger partial charge in [0.05, 0.1) is 0 Å². The maximum atomic E-state index is 3.52. The van der Waals surface area contributed by atoms with Crippen molar-refractivity contribution >= 4 is 11.8 Å². The highest BCUT2D eigenvalue weighted by Crippen LogP contribution is 2.15. The summed E-state index contributed by atoms with van der Waals surface area (Å²) in [6.45, 7) is 12.5. The van der Waals surface area contributed by atoms with Gasteiger partial charge in [0.1, 0.15) is 0 Å². The third kappa shape index (κ3) is 9.21. The van der Waals surface area contributed by atoms with Crippen LogP contribution in [0.4, 0.5) is 0 Å². The Bertz CT molecular complexity index is 158. The molecule has 0 saturated heterocycles. The number of thioether (sulfide) groups is 1. The highest BCUT2D eigenvalue weighted by molar-refractivity contribution is 7.98. The summed E-state index contributed by atoms with van der Waals surface area (Å²) < 4.78 is 0. The van der Waals surface area contributed by atoms with E-state index in [1.165, 1.54) is 12.3 Å².